The Bertz CT molecular complexity index is 736. The van der Waals surface area contributed by atoms with Gasteiger partial charge in [-0.1, -0.05) is 12.1 Å². The summed E-state index contributed by atoms with van der Waals surface area (Å²) in [5.74, 6) is 0.353. The average molecular weight is 505 g/mol. The number of benzene rings is 1. The minimum Gasteiger partial charge on any atom is -0.357 e. The highest BCUT2D eigenvalue weighted by atomic mass is 127. The molecule has 3 N–H and O–H groups in total. The molecule has 0 radical (unpaired) electrons. The number of aliphatic imine (C=N–C) groups is 1. The lowest BCUT2D eigenvalue weighted by molar-refractivity contribution is 0.0957. The molecule has 1 amide bonds. The van der Waals surface area contributed by atoms with E-state index in [9.17, 15) is 9.18 Å². The topological polar surface area (TPSA) is 78.4 Å². The lowest BCUT2D eigenvalue weighted by Gasteiger charge is -2.11. The second-order valence-electron chi connectivity index (χ2n) is 5.59. The fraction of sp³-hybridized carbons (Fsp3) is 0.389. The van der Waals surface area contributed by atoms with Crippen molar-refractivity contribution >= 4 is 47.2 Å². The maximum atomic E-state index is 12.9. The van der Waals surface area contributed by atoms with Crippen molar-refractivity contribution in [2.24, 2.45) is 4.99 Å². The predicted molar refractivity (Wildman–Crippen MR) is 119 cm³/mol. The number of hydrogen-bond acceptors (Lipinski definition) is 4. The largest absolute Gasteiger partial charge is 0.357 e. The van der Waals surface area contributed by atoms with Gasteiger partial charge < -0.3 is 16.0 Å². The summed E-state index contributed by atoms with van der Waals surface area (Å²) in [6.07, 6.45) is 0.734. The Morgan fingerprint density at radius 3 is 2.52 bits per heavy atom. The van der Waals surface area contributed by atoms with Crippen molar-refractivity contribution < 1.29 is 9.18 Å². The van der Waals surface area contributed by atoms with Gasteiger partial charge in [0.15, 0.2) is 5.96 Å². The molecule has 0 atom stereocenters. The van der Waals surface area contributed by atoms with Crippen LogP contribution in [0.3, 0.4) is 0 Å². The van der Waals surface area contributed by atoms with Crippen molar-refractivity contribution in [1.82, 2.24) is 20.9 Å². The van der Waals surface area contributed by atoms with E-state index in [2.05, 4.69) is 25.9 Å². The van der Waals surface area contributed by atoms with E-state index in [-0.39, 0.29) is 35.7 Å². The minimum atomic E-state index is -0.233. The fourth-order valence-electron chi connectivity index (χ4n) is 2.25. The summed E-state index contributed by atoms with van der Waals surface area (Å²) >= 11 is 1.34. The van der Waals surface area contributed by atoms with E-state index >= 15 is 0 Å². The second-order valence-corrected chi connectivity index (χ2v) is 6.44. The highest BCUT2D eigenvalue weighted by Gasteiger charge is 2.10. The molecule has 0 saturated carbocycles. The van der Waals surface area contributed by atoms with E-state index < -0.39 is 0 Å². The monoisotopic (exact) mass is 505 g/mol. The number of carbonyl (C=O) groups is 1. The Morgan fingerprint density at radius 2 is 1.89 bits per heavy atom. The molecule has 2 aromatic rings. The van der Waals surface area contributed by atoms with Gasteiger partial charge >= 0.3 is 0 Å². The van der Waals surface area contributed by atoms with Gasteiger partial charge in [-0.05, 0) is 38.0 Å². The van der Waals surface area contributed by atoms with Gasteiger partial charge in [-0.15, -0.1) is 35.3 Å². The van der Waals surface area contributed by atoms with E-state index in [0.717, 1.165) is 24.2 Å². The third-order valence-electron chi connectivity index (χ3n) is 3.58. The predicted octanol–water partition coefficient (Wildman–Crippen LogP) is 2.74. The normalized spacial score (nSPS) is 10.9. The number of rotatable bonds is 8. The van der Waals surface area contributed by atoms with Gasteiger partial charge in [0.1, 0.15) is 10.7 Å². The third-order valence-corrected chi connectivity index (χ3v) is 4.51. The Kier molecular flexibility index (Phi) is 10.9. The lowest BCUT2D eigenvalue weighted by atomic mass is 10.1. The summed E-state index contributed by atoms with van der Waals surface area (Å²) < 4.78 is 12.9. The average Bonchev–Trinajstić information content (AvgIpc) is 3.06. The van der Waals surface area contributed by atoms with E-state index in [1.807, 2.05) is 13.8 Å². The first kappa shape index (κ1) is 23.3. The van der Waals surface area contributed by atoms with Crippen LogP contribution in [0.25, 0.3) is 0 Å². The quantitative estimate of drug-likeness (QED) is 0.223. The molecule has 0 aliphatic rings. The molecule has 1 heterocycles. The molecule has 0 aliphatic carbocycles. The zero-order valence-electron chi connectivity index (χ0n) is 15.4. The maximum Gasteiger partial charge on any atom is 0.263 e. The number of thiazole rings is 1. The van der Waals surface area contributed by atoms with Crippen LogP contribution in [0.5, 0.6) is 0 Å². The minimum absolute atomic E-state index is 0. The molecule has 0 aliphatic heterocycles. The van der Waals surface area contributed by atoms with E-state index in [1.54, 1.807) is 17.6 Å². The van der Waals surface area contributed by atoms with Crippen molar-refractivity contribution in [2.75, 3.05) is 26.2 Å². The van der Waals surface area contributed by atoms with Crippen LogP contribution < -0.4 is 16.0 Å². The molecule has 148 valence electrons. The molecule has 0 fully saturated rings. The van der Waals surface area contributed by atoms with Gasteiger partial charge in [0.25, 0.3) is 5.91 Å². The molecule has 1 aromatic heterocycles. The number of halogens is 2. The van der Waals surface area contributed by atoms with Crippen LogP contribution in [0.2, 0.25) is 0 Å². The van der Waals surface area contributed by atoms with Gasteiger partial charge in [-0.3, -0.25) is 9.79 Å². The highest BCUT2D eigenvalue weighted by Crippen LogP contribution is 2.11. The first-order chi connectivity index (χ1) is 12.6. The van der Waals surface area contributed by atoms with Crippen molar-refractivity contribution in [3.63, 3.8) is 0 Å². The summed E-state index contributed by atoms with van der Waals surface area (Å²) in [5, 5.41) is 9.21. The van der Waals surface area contributed by atoms with Gasteiger partial charge in [0, 0.05) is 26.2 Å². The Balaban J connectivity index is 0.00000364. The Labute approximate surface area is 180 Å². The number of carbonyl (C=O) groups excluding carboxylic acids is 1. The summed E-state index contributed by atoms with van der Waals surface area (Å²) in [4.78, 5) is 21.2. The molecule has 1 aromatic carbocycles. The lowest BCUT2D eigenvalue weighted by Crippen LogP contribution is -2.41. The SMILES string of the molecule is CCNC(=NCCc1ccc(F)cc1)NCCNC(=O)c1scnc1C.I. The van der Waals surface area contributed by atoms with Crippen LogP contribution in [-0.2, 0) is 6.42 Å². The van der Waals surface area contributed by atoms with Crippen LogP contribution >= 0.6 is 35.3 Å². The number of aromatic nitrogens is 1. The molecule has 0 bridgehead atoms. The van der Waals surface area contributed by atoms with Crippen molar-refractivity contribution in [3.8, 4) is 0 Å². The van der Waals surface area contributed by atoms with Gasteiger partial charge in [-0.2, -0.15) is 0 Å². The number of aryl methyl sites for hydroxylation is 1. The van der Waals surface area contributed by atoms with E-state index in [1.165, 1.54) is 23.5 Å². The van der Waals surface area contributed by atoms with Gasteiger partial charge in [0.05, 0.1) is 11.2 Å². The number of nitrogens with one attached hydrogen (secondary N) is 3. The molecule has 2 rings (SSSR count). The fourth-order valence-corrected chi connectivity index (χ4v) is 2.97. The van der Waals surface area contributed by atoms with E-state index in [4.69, 9.17) is 0 Å². The number of hydrogen-bond donors (Lipinski definition) is 3. The van der Waals surface area contributed by atoms with Crippen LogP contribution in [0.15, 0.2) is 34.8 Å². The molecule has 0 unspecified atom stereocenters. The van der Waals surface area contributed by atoms with Gasteiger partial charge in [-0.25, -0.2) is 9.37 Å². The summed E-state index contributed by atoms with van der Waals surface area (Å²) in [7, 11) is 0. The van der Waals surface area contributed by atoms with Crippen LogP contribution in [-0.4, -0.2) is 43.0 Å². The third kappa shape index (κ3) is 8.21. The number of amides is 1. The zero-order valence-corrected chi connectivity index (χ0v) is 18.6. The first-order valence-corrected chi connectivity index (χ1v) is 9.43. The molecular weight excluding hydrogens is 480 g/mol. The standard InChI is InChI=1S/C18H24FN5OS.HI/c1-3-20-18(22-9-8-14-4-6-15(19)7-5-14)23-11-10-21-17(25)16-13(2)24-12-26-16;/h4-7,12H,3,8-11H2,1-2H3,(H,21,25)(H2,20,22,23);1H. The summed E-state index contributed by atoms with van der Waals surface area (Å²) in [5.41, 5.74) is 3.45. The van der Waals surface area contributed by atoms with Crippen molar-refractivity contribution in [2.45, 2.75) is 20.3 Å². The van der Waals surface area contributed by atoms with Crippen molar-refractivity contribution in [1.29, 1.82) is 0 Å². The van der Waals surface area contributed by atoms with Gasteiger partial charge in [0.2, 0.25) is 0 Å². The molecule has 6 nitrogen and oxygen atoms in total. The maximum absolute atomic E-state index is 12.9. The molecule has 0 spiro atoms. The smallest absolute Gasteiger partial charge is 0.263 e. The molecule has 9 heteroatoms. The number of nitrogens with zero attached hydrogens (tertiary/aromatic N) is 2. The Hall–Kier alpha value is -1.75. The molecular formula is C18H25FIN5OS. The summed E-state index contributed by atoms with van der Waals surface area (Å²) in [6, 6.07) is 6.44. The van der Waals surface area contributed by atoms with Crippen molar-refractivity contribution in [3.05, 3.63) is 51.7 Å². The highest BCUT2D eigenvalue weighted by molar-refractivity contribution is 14.0. The van der Waals surface area contributed by atoms with Crippen LogP contribution in [0.1, 0.15) is 27.9 Å². The van der Waals surface area contributed by atoms with Crippen LogP contribution in [0.4, 0.5) is 4.39 Å². The Morgan fingerprint density at radius 1 is 1.19 bits per heavy atom. The molecule has 0 saturated heterocycles. The summed E-state index contributed by atoms with van der Waals surface area (Å²) in [6.45, 7) is 6.19. The second kappa shape index (κ2) is 12.6. The number of guanidine groups is 1. The first-order valence-electron chi connectivity index (χ1n) is 8.55. The van der Waals surface area contributed by atoms with Crippen LogP contribution in [0, 0.1) is 12.7 Å². The molecule has 27 heavy (non-hydrogen) atoms. The zero-order chi connectivity index (χ0) is 18.8. The van der Waals surface area contributed by atoms with E-state index in [0.29, 0.717) is 30.5 Å².